The van der Waals surface area contributed by atoms with E-state index in [0.29, 0.717) is 70.6 Å². The fourth-order valence-electron chi connectivity index (χ4n) is 4.58. The molecule has 2 aliphatic rings. The van der Waals surface area contributed by atoms with Crippen LogP contribution in [0.15, 0.2) is 49.1 Å². The number of carbonyl (C=O) groups excluding carboxylic acids is 2. The summed E-state index contributed by atoms with van der Waals surface area (Å²) in [6.07, 6.45) is 4.50. The number of nitrogens with one attached hydrogen (secondary N) is 3. The van der Waals surface area contributed by atoms with Gasteiger partial charge in [0.15, 0.2) is 11.6 Å². The van der Waals surface area contributed by atoms with E-state index in [1.807, 2.05) is 0 Å². The summed E-state index contributed by atoms with van der Waals surface area (Å²) in [5, 5.41) is 6.65. The van der Waals surface area contributed by atoms with Crippen LogP contribution in [0.5, 0.6) is 11.5 Å². The van der Waals surface area contributed by atoms with Crippen molar-refractivity contribution < 1.29 is 23.5 Å². The molecule has 0 spiro atoms. The minimum Gasteiger partial charge on any atom is -0.493 e. The van der Waals surface area contributed by atoms with E-state index >= 15 is 0 Å². The van der Waals surface area contributed by atoms with Gasteiger partial charge in [-0.25, -0.2) is 4.39 Å². The van der Waals surface area contributed by atoms with Crippen molar-refractivity contribution in [2.45, 2.75) is 18.9 Å². The number of aromatic nitrogens is 2. The van der Waals surface area contributed by atoms with Crippen molar-refractivity contribution in [2.24, 2.45) is 0 Å². The molecule has 4 heterocycles. The Balaban J connectivity index is 1.51. The summed E-state index contributed by atoms with van der Waals surface area (Å²) in [4.78, 5) is 33.9. The maximum atomic E-state index is 13.3. The number of halogens is 2. The van der Waals surface area contributed by atoms with Crippen LogP contribution in [0.2, 0.25) is 5.02 Å². The molecule has 3 aromatic rings. The number of rotatable bonds is 8. The van der Waals surface area contributed by atoms with Crippen LogP contribution in [0.4, 0.5) is 15.8 Å². The van der Waals surface area contributed by atoms with Crippen molar-refractivity contribution in [3.8, 4) is 22.8 Å². The summed E-state index contributed by atoms with van der Waals surface area (Å²) in [6.45, 7) is 4.21. The van der Waals surface area contributed by atoms with Crippen LogP contribution < -0.4 is 20.1 Å². The molecule has 2 amide bonds. The molecule has 0 bridgehead atoms. The lowest BCUT2D eigenvalue weighted by atomic mass is 10.0. The molecule has 192 valence electrons. The molecule has 0 saturated carbocycles. The molecule has 1 aromatic carbocycles. The molecule has 1 atom stereocenters. The molecular formula is C26H25ClFN5O4. The summed E-state index contributed by atoms with van der Waals surface area (Å²) in [5.41, 5.74) is 3.68. The van der Waals surface area contributed by atoms with Gasteiger partial charge in [-0.05, 0) is 24.6 Å². The van der Waals surface area contributed by atoms with Gasteiger partial charge in [0, 0.05) is 37.0 Å². The third-order valence-corrected chi connectivity index (χ3v) is 6.82. The average molecular weight is 526 g/mol. The van der Waals surface area contributed by atoms with Gasteiger partial charge < -0.3 is 30.0 Å². The monoisotopic (exact) mass is 525 g/mol. The first-order valence-corrected chi connectivity index (χ1v) is 12.1. The Bertz CT molecular complexity index is 1390. The number of methoxy groups -OCH3 is 1. The molecular weight excluding hydrogens is 501 g/mol. The van der Waals surface area contributed by atoms with Gasteiger partial charge in [0.1, 0.15) is 12.4 Å². The Labute approximate surface area is 217 Å². The number of likely N-dealkylation sites (tertiary alicyclic amines) is 1. The van der Waals surface area contributed by atoms with Crippen LogP contribution in [-0.2, 0) is 11.2 Å². The van der Waals surface area contributed by atoms with E-state index in [2.05, 4.69) is 27.2 Å². The van der Waals surface area contributed by atoms with Gasteiger partial charge in [-0.15, -0.1) is 0 Å². The highest BCUT2D eigenvalue weighted by atomic mass is 35.5. The SMILES string of the molecule is C=C(F)C(=O)N1CC[C@@H]1COc1cnccc1-c1[nH]c2c(c1Nc1cccc(Cl)c1OC)C(=O)NCC2. The fraction of sp³-hybridized carbons (Fsp3) is 0.269. The van der Waals surface area contributed by atoms with Crippen molar-refractivity contribution >= 4 is 34.8 Å². The second-order valence-electron chi connectivity index (χ2n) is 8.71. The van der Waals surface area contributed by atoms with Crippen LogP contribution in [0.25, 0.3) is 11.3 Å². The standard InChI is InChI=1S/C26H25ClFN5O4/c1-14(28)26(35)33-11-8-15(33)13-37-20-12-29-9-6-16(20)22-23(21-18(31-22)7-10-30-25(21)34)32-19-5-3-4-17(27)24(19)36-2/h3-6,9,12,15,31-32H,1,7-8,10-11,13H2,2H3,(H,30,34)/t15-/m1/s1. The number of hydrogen-bond donors (Lipinski definition) is 3. The highest BCUT2D eigenvalue weighted by Crippen LogP contribution is 2.43. The lowest BCUT2D eigenvalue weighted by Crippen LogP contribution is -2.54. The molecule has 0 unspecified atom stereocenters. The largest absolute Gasteiger partial charge is 0.493 e. The molecule has 1 fully saturated rings. The number of aromatic amines is 1. The van der Waals surface area contributed by atoms with Crippen molar-refractivity contribution in [2.75, 3.05) is 32.1 Å². The number of benzene rings is 1. The number of ether oxygens (including phenoxy) is 2. The van der Waals surface area contributed by atoms with Gasteiger partial charge in [0.2, 0.25) is 0 Å². The average Bonchev–Trinajstić information content (AvgIpc) is 3.23. The number of fused-ring (bicyclic) bond motifs is 1. The van der Waals surface area contributed by atoms with Crippen LogP contribution >= 0.6 is 11.6 Å². The summed E-state index contributed by atoms with van der Waals surface area (Å²) in [6, 6.07) is 6.80. The van der Waals surface area contributed by atoms with Crippen molar-refractivity contribution in [1.82, 2.24) is 20.2 Å². The van der Waals surface area contributed by atoms with Crippen molar-refractivity contribution in [1.29, 1.82) is 0 Å². The maximum Gasteiger partial charge on any atom is 0.282 e. The number of nitrogens with zero attached hydrogens (tertiary/aromatic N) is 2. The minimum absolute atomic E-state index is 0.156. The molecule has 37 heavy (non-hydrogen) atoms. The molecule has 9 nitrogen and oxygen atoms in total. The summed E-state index contributed by atoms with van der Waals surface area (Å²) >= 11 is 6.33. The number of hydrogen-bond acceptors (Lipinski definition) is 6. The molecule has 0 radical (unpaired) electrons. The Hall–Kier alpha value is -4.05. The Morgan fingerprint density at radius 1 is 1.38 bits per heavy atom. The number of amides is 2. The predicted octanol–water partition coefficient (Wildman–Crippen LogP) is 4.23. The first-order valence-electron chi connectivity index (χ1n) is 11.7. The lowest BCUT2D eigenvalue weighted by Gasteiger charge is -2.40. The second kappa shape index (κ2) is 10.1. The zero-order valence-corrected chi connectivity index (χ0v) is 20.8. The van der Waals surface area contributed by atoms with Gasteiger partial charge in [0.25, 0.3) is 11.8 Å². The van der Waals surface area contributed by atoms with Gasteiger partial charge in [-0.3, -0.25) is 14.6 Å². The highest BCUT2D eigenvalue weighted by molar-refractivity contribution is 6.32. The fourth-order valence-corrected chi connectivity index (χ4v) is 4.83. The predicted molar refractivity (Wildman–Crippen MR) is 137 cm³/mol. The number of carbonyl (C=O) groups is 2. The van der Waals surface area contributed by atoms with Crippen molar-refractivity contribution in [3.63, 3.8) is 0 Å². The molecule has 0 aliphatic carbocycles. The Morgan fingerprint density at radius 3 is 2.95 bits per heavy atom. The Morgan fingerprint density at radius 2 is 2.22 bits per heavy atom. The lowest BCUT2D eigenvalue weighted by molar-refractivity contribution is -0.137. The van der Waals surface area contributed by atoms with Gasteiger partial charge in [-0.2, -0.15) is 0 Å². The van der Waals surface area contributed by atoms with E-state index in [1.54, 1.807) is 36.7 Å². The van der Waals surface area contributed by atoms with Crippen LogP contribution in [0.3, 0.4) is 0 Å². The van der Waals surface area contributed by atoms with E-state index in [0.717, 1.165) is 5.69 Å². The van der Waals surface area contributed by atoms with E-state index < -0.39 is 11.7 Å². The smallest absolute Gasteiger partial charge is 0.282 e. The topological polar surface area (TPSA) is 109 Å². The third kappa shape index (κ3) is 4.60. The molecule has 2 aromatic heterocycles. The highest BCUT2D eigenvalue weighted by Gasteiger charge is 2.34. The maximum absolute atomic E-state index is 13.3. The van der Waals surface area contributed by atoms with Crippen LogP contribution in [0.1, 0.15) is 22.5 Å². The molecule has 3 N–H and O–H groups in total. The molecule has 11 heteroatoms. The normalized spacial score (nSPS) is 16.4. The van der Waals surface area contributed by atoms with Crippen LogP contribution in [-0.4, -0.2) is 59.5 Å². The van der Waals surface area contributed by atoms with Gasteiger partial charge in [-0.1, -0.05) is 24.2 Å². The van der Waals surface area contributed by atoms with E-state index in [9.17, 15) is 14.0 Å². The quantitative estimate of drug-likeness (QED) is 0.380. The number of H-pyrrole nitrogens is 1. The second-order valence-corrected chi connectivity index (χ2v) is 9.12. The van der Waals surface area contributed by atoms with E-state index in [1.165, 1.54) is 12.0 Å². The number of pyridine rings is 1. The van der Waals surface area contributed by atoms with E-state index in [-0.39, 0.29) is 18.6 Å². The number of anilines is 2. The summed E-state index contributed by atoms with van der Waals surface area (Å²) in [5.74, 6) is -1.04. The van der Waals surface area contributed by atoms with Gasteiger partial charge in [0.05, 0.1) is 47.0 Å². The van der Waals surface area contributed by atoms with E-state index in [4.69, 9.17) is 21.1 Å². The Kier molecular flexibility index (Phi) is 6.75. The summed E-state index contributed by atoms with van der Waals surface area (Å²) in [7, 11) is 1.52. The van der Waals surface area contributed by atoms with Gasteiger partial charge >= 0.3 is 0 Å². The third-order valence-electron chi connectivity index (χ3n) is 6.52. The minimum atomic E-state index is -0.992. The van der Waals surface area contributed by atoms with Crippen molar-refractivity contribution in [3.05, 3.63) is 65.3 Å². The first kappa shape index (κ1) is 24.6. The molecule has 1 saturated heterocycles. The first-order chi connectivity index (χ1) is 17.9. The molecule has 2 aliphatic heterocycles. The summed E-state index contributed by atoms with van der Waals surface area (Å²) < 4.78 is 24.9. The number of para-hydroxylation sites is 1. The molecule has 5 rings (SSSR count). The zero-order chi connectivity index (χ0) is 26.1. The van der Waals surface area contributed by atoms with Crippen LogP contribution in [0, 0.1) is 0 Å². The zero-order valence-electron chi connectivity index (χ0n) is 20.1.